The summed E-state index contributed by atoms with van der Waals surface area (Å²) in [5.74, 6) is 0.253. The molecule has 0 fully saturated rings. The Morgan fingerprint density at radius 1 is 1.14 bits per heavy atom. The molecular weight excluding hydrogens is 576 g/mol. The molecule has 0 saturated heterocycles. The summed E-state index contributed by atoms with van der Waals surface area (Å²) in [6.07, 6.45) is 4.35. The Kier molecular flexibility index (Phi) is 9.52. The highest BCUT2D eigenvalue weighted by Crippen LogP contribution is 2.36. The second kappa shape index (κ2) is 12.9. The van der Waals surface area contributed by atoms with Crippen LogP contribution in [0.2, 0.25) is 23.2 Å². The minimum absolute atomic E-state index is 0.0503. The summed E-state index contributed by atoms with van der Waals surface area (Å²) in [5, 5.41) is 17.0. The van der Waals surface area contributed by atoms with Gasteiger partial charge in [0.25, 0.3) is 5.91 Å². The van der Waals surface area contributed by atoms with Gasteiger partial charge in [0.2, 0.25) is 12.0 Å². The fourth-order valence-corrected chi connectivity index (χ4v) is 4.77. The molecule has 2 atom stereocenters. The van der Waals surface area contributed by atoms with Crippen LogP contribution in [0.4, 0.5) is 5.82 Å². The van der Waals surface area contributed by atoms with Crippen LogP contribution < -0.4 is 10.1 Å². The van der Waals surface area contributed by atoms with Crippen molar-refractivity contribution in [3.63, 3.8) is 0 Å². The van der Waals surface area contributed by atoms with Crippen LogP contribution in [0.15, 0.2) is 49.2 Å². The smallest absolute Gasteiger partial charge is 0.269 e. The maximum Gasteiger partial charge on any atom is 0.269 e. The molecule has 0 aliphatic carbocycles. The number of carbonyl (C=O) groups is 1. The molecule has 0 aliphatic heterocycles. The van der Waals surface area contributed by atoms with Gasteiger partial charge in [-0.2, -0.15) is 15.0 Å². The van der Waals surface area contributed by atoms with Gasteiger partial charge in [0, 0.05) is 12.4 Å². The van der Waals surface area contributed by atoms with Crippen LogP contribution in [0.5, 0.6) is 5.88 Å². The van der Waals surface area contributed by atoms with E-state index in [1.165, 1.54) is 29.5 Å². The molecule has 4 rings (SSSR count). The number of nitrogens with one attached hydrogen (secondary N) is 1. The predicted octanol–water partition coefficient (Wildman–Crippen LogP) is 4.94. The number of aromatic nitrogens is 6. The Balaban J connectivity index is 1.56. The number of ether oxygens (including phenoxy) is 2. The SMILES string of the molecule is CC(CO[Si](C)(C)C(C)(C)C)OCC(Oc1ncnc2c1cnn2-c1ncccc1Cl)C(=O)Nc1ccc(C#N)cn1. The number of pyridine rings is 2. The Morgan fingerprint density at radius 2 is 1.93 bits per heavy atom. The maximum absolute atomic E-state index is 13.4. The first-order valence-corrected chi connectivity index (χ1v) is 16.6. The number of nitrogens with zero attached hydrogens (tertiary/aromatic N) is 7. The van der Waals surface area contributed by atoms with Gasteiger partial charge in [0.1, 0.15) is 23.6 Å². The van der Waals surface area contributed by atoms with E-state index >= 15 is 0 Å². The zero-order valence-electron chi connectivity index (χ0n) is 24.3. The minimum Gasteiger partial charge on any atom is -0.461 e. The van der Waals surface area contributed by atoms with Crippen LogP contribution in [-0.2, 0) is 14.0 Å². The maximum atomic E-state index is 13.4. The third-order valence-electron chi connectivity index (χ3n) is 6.98. The Bertz CT molecular complexity index is 1580. The lowest BCUT2D eigenvalue weighted by atomic mass is 10.2. The van der Waals surface area contributed by atoms with E-state index in [1.54, 1.807) is 24.4 Å². The van der Waals surface area contributed by atoms with Crippen molar-refractivity contribution in [2.75, 3.05) is 18.5 Å². The fourth-order valence-electron chi connectivity index (χ4n) is 3.49. The summed E-state index contributed by atoms with van der Waals surface area (Å²) in [5.41, 5.74) is 0.763. The number of halogens is 1. The van der Waals surface area contributed by atoms with Gasteiger partial charge in [-0.1, -0.05) is 32.4 Å². The molecule has 0 saturated carbocycles. The molecule has 4 aromatic heterocycles. The van der Waals surface area contributed by atoms with Crippen LogP contribution in [-0.4, -0.2) is 69.4 Å². The van der Waals surface area contributed by atoms with E-state index < -0.39 is 20.3 Å². The second-order valence-corrected chi connectivity index (χ2v) is 16.4. The first-order chi connectivity index (χ1) is 19.9. The van der Waals surface area contributed by atoms with Gasteiger partial charge in [0.15, 0.2) is 19.8 Å². The minimum atomic E-state index is -1.99. The van der Waals surface area contributed by atoms with Crippen LogP contribution in [0, 0.1) is 11.3 Å². The average Bonchev–Trinajstić information content (AvgIpc) is 3.39. The highest BCUT2D eigenvalue weighted by molar-refractivity contribution is 6.74. The molecule has 0 spiro atoms. The van der Waals surface area contributed by atoms with Crippen LogP contribution in [0.3, 0.4) is 0 Å². The van der Waals surface area contributed by atoms with Gasteiger partial charge in [-0.05, 0) is 49.3 Å². The summed E-state index contributed by atoms with van der Waals surface area (Å²) in [4.78, 5) is 30.4. The summed E-state index contributed by atoms with van der Waals surface area (Å²) in [7, 11) is -1.99. The second-order valence-electron chi connectivity index (χ2n) is 11.1. The quantitative estimate of drug-likeness (QED) is 0.232. The van der Waals surface area contributed by atoms with Crippen molar-refractivity contribution in [3.05, 3.63) is 59.8 Å². The number of nitriles is 1. The zero-order chi connectivity index (χ0) is 30.5. The molecule has 1 amide bonds. The van der Waals surface area contributed by atoms with Crippen molar-refractivity contribution in [1.29, 1.82) is 5.26 Å². The highest BCUT2D eigenvalue weighted by Gasteiger charge is 2.37. The van der Waals surface area contributed by atoms with Crippen molar-refractivity contribution in [2.45, 2.75) is 58.0 Å². The van der Waals surface area contributed by atoms with Gasteiger partial charge >= 0.3 is 0 Å². The van der Waals surface area contributed by atoms with Crippen LogP contribution >= 0.6 is 11.6 Å². The molecule has 0 bridgehead atoms. The van der Waals surface area contributed by atoms with Crippen molar-refractivity contribution in [1.82, 2.24) is 29.7 Å². The van der Waals surface area contributed by atoms with E-state index in [2.05, 4.69) is 64.2 Å². The number of hydrogen-bond donors (Lipinski definition) is 1. The summed E-state index contributed by atoms with van der Waals surface area (Å²) in [6, 6.07) is 8.50. The fraction of sp³-hybridized carbons (Fsp3) is 0.393. The van der Waals surface area contributed by atoms with Gasteiger partial charge in [-0.3, -0.25) is 4.79 Å². The molecule has 14 heteroatoms. The monoisotopic (exact) mass is 608 g/mol. The molecule has 4 aromatic rings. The van der Waals surface area contributed by atoms with Crippen molar-refractivity contribution >= 4 is 42.7 Å². The van der Waals surface area contributed by atoms with Crippen LogP contribution in [0.25, 0.3) is 16.9 Å². The van der Waals surface area contributed by atoms with Crippen LogP contribution in [0.1, 0.15) is 33.3 Å². The lowest BCUT2D eigenvalue weighted by molar-refractivity contribution is -0.127. The van der Waals surface area contributed by atoms with E-state index in [0.717, 1.165) is 0 Å². The molecule has 2 unspecified atom stereocenters. The number of anilines is 1. The molecule has 0 radical (unpaired) electrons. The third-order valence-corrected chi connectivity index (χ3v) is 11.8. The van der Waals surface area contributed by atoms with E-state index in [1.807, 2.05) is 13.0 Å². The molecule has 220 valence electrons. The van der Waals surface area contributed by atoms with Crippen molar-refractivity contribution in [2.24, 2.45) is 0 Å². The zero-order valence-corrected chi connectivity index (χ0v) is 26.1. The molecule has 42 heavy (non-hydrogen) atoms. The number of rotatable bonds is 11. The third kappa shape index (κ3) is 7.26. The van der Waals surface area contributed by atoms with Gasteiger partial charge in [-0.25, -0.2) is 19.9 Å². The molecule has 0 aliphatic rings. The molecule has 12 nitrogen and oxygen atoms in total. The van der Waals surface area contributed by atoms with Gasteiger partial charge in [0.05, 0.1) is 36.1 Å². The topological polar surface area (TPSA) is 150 Å². The van der Waals surface area contributed by atoms with E-state index in [4.69, 9.17) is 30.8 Å². The van der Waals surface area contributed by atoms with Crippen molar-refractivity contribution < 1.29 is 18.7 Å². The Hall–Kier alpha value is -3.96. The number of amides is 1. The van der Waals surface area contributed by atoms with E-state index in [9.17, 15) is 4.79 Å². The molecular formula is C28H33ClN8O4Si. The molecule has 4 heterocycles. The number of carbonyl (C=O) groups excluding carboxylic acids is 1. The lowest BCUT2D eigenvalue weighted by Gasteiger charge is -2.37. The summed E-state index contributed by atoms with van der Waals surface area (Å²) >= 11 is 6.33. The molecule has 1 N–H and O–H groups in total. The first-order valence-electron chi connectivity index (χ1n) is 13.3. The number of fused-ring (bicyclic) bond motifs is 1. The van der Waals surface area contributed by atoms with E-state index in [0.29, 0.717) is 34.0 Å². The van der Waals surface area contributed by atoms with Gasteiger partial charge < -0.3 is 19.2 Å². The van der Waals surface area contributed by atoms with E-state index in [-0.39, 0.29) is 29.4 Å². The Morgan fingerprint density at radius 3 is 2.60 bits per heavy atom. The predicted molar refractivity (Wildman–Crippen MR) is 160 cm³/mol. The molecule has 0 aromatic carbocycles. The largest absolute Gasteiger partial charge is 0.461 e. The number of hydrogen-bond acceptors (Lipinski definition) is 10. The first kappa shape index (κ1) is 31.0. The van der Waals surface area contributed by atoms with Crippen molar-refractivity contribution in [3.8, 4) is 17.8 Å². The summed E-state index contributed by atoms with van der Waals surface area (Å²) < 4.78 is 19.9. The Labute approximate surface area is 250 Å². The van der Waals surface area contributed by atoms with Gasteiger partial charge in [-0.15, -0.1) is 0 Å². The lowest BCUT2D eigenvalue weighted by Crippen LogP contribution is -2.43. The standard InChI is InChI=1S/C28H33ClN8O4Si/c1-18(15-40-42(5,6)28(2,3)4)39-16-22(26(38)36-23-10-9-19(12-30)13-32-23)41-27-20-14-35-37(24(20)33-17-34-27)25-21(29)8-7-11-31-25/h7-11,13-14,17-18,22H,15-16H2,1-6H3,(H,32,36,38). The summed E-state index contributed by atoms with van der Waals surface area (Å²) in [6.45, 7) is 13.0. The highest BCUT2D eigenvalue weighted by atomic mass is 35.5. The average molecular weight is 609 g/mol. The normalized spacial score (nSPS) is 13.4.